The van der Waals surface area contributed by atoms with E-state index in [9.17, 15) is 30.4 Å². The topological polar surface area (TPSA) is 57.6 Å². The number of nitrogens with zero attached hydrogens (tertiary/aromatic N) is 1. The summed E-state index contributed by atoms with van der Waals surface area (Å²) in [5.41, 5.74) is 0. The smallest absolute Gasteiger partial charge is 0.249 e. The van der Waals surface area contributed by atoms with Crippen LogP contribution in [0.25, 0.3) is 0 Å². The Morgan fingerprint density at radius 3 is 1.70 bits per heavy atom. The van der Waals surface area contributed by atoms with Crippen LogP contribution in [0.1, 0.15) is 6.92 Å². The molecule has 0 fully saturated rings. The summed E-state index contributed by atoms with van der Waals surface area (Å²) >= 11 is 0. The highest BCUT2D eigenvalue weighted by Gasteiger charge is 2.37. The Balaban J connectivity index is 3.63. The molecule has 0 bridgehead atoms. The zero-order valence-electron chi connectivity index (χ0n) is 10.3. The second-order valence-electron chi connectivity index (χ2n) is 3.95. The number of rotatable bonds is 4. The summed E-state index contributed by atoms with van der Waals surface area (Å²) in [6, 6.07) is -1.12. The Morgan fingerprint density at radius 1 is 1.00 bits per heavy atom. The summed E-state index contributed by atoms with van der Waals surface area (Å²) in [4.78, 5) is -1.95. The molecule has 1 aromatic rings. The van der Waals surface area contributed by atoms with Gasteiger partial charge < -0.3 is 5.11 Å². The van der Waals surface area contributed by atoms with Crippen molar-refractivity contribution >= 4 is 10.0 Å². The predicted octanol–water partition coefficient (Wildman–Crippen LogP) is 1.38. The number of likely N-dealkylation sites (N-methyl/N-ethyl adjacent to an activating group) is 1. The number of aliphatic hydroxyl groups excluding tert-OH is 1. The molecule has 0 heterocycles. The van der Waals surface area contributed by atoms with Crippen molar-refractivity contribution in [1.29, 1.82) is 0 Å². The monoisotopic (exact) mass is 319 g/mol. The predicted molar refractivity (Wildman–Crippen MR) is 57.7 cm³/mol. The highest BCUT2D eigenvalue weighted by Crippen LogP contribution is 2.29. The van der Waals surface area contributed by atoms with E-state index in [2.05, 4.69) is 0 Å². The molecule has 0 aliphatic rings. The summed E-state index contributed by atoms with van der Waals surface area (Å²) in [5, 5.41) is 8.81. The van der Waals surface area contributed by atoms with E-state index in [4.69, 9.17) is 5.11 Å². The average molecular weight is 319 g/mol. The van der Waals surface area contributed by atoms with Gasteiger partial charge in [-0.25, -0.2) is 30.4 Å². The van der Waals surface area contributed by atoms with E-state index in [0.717, 1.165) is 7.05 Å². The number of aliphatic hydroxyl groups is 1. The average Bonchev–Trinajstić information content (AvgIpc) is 2.41. The molecule has 0 amide bonds. The lowest BCUT2D eigenvalue weighted by molar-refractivity contribution is 0.213. The zero-order valence-corrected chi connectivity index (χ0v) is 11.1. The van der Waals surface area contributed by atoms with Crippen LogP contribution in [0.5, 0.6) is 0 Å². The number of hydrogen-bond acceptors (Lipinski definition) is 3. The Labute approximate surface area is 111 Å². The molecule has 0 saturated heterocycles. The van der Waals surface area contributed by atoms with Gasteiger partial charge in [0.05, 0.1) is 6.61 Å². The Hall–Kier alpha value is -1.26. The maximum Gasteiger partial charge on any atom is 0.249 e. The number of halogens is 5. The molecule has 1 N–H and O–H groups in total. The molecule has 0 radical (unpaired) electrons. The van der Waals surface area contributed by atoms with E-state index < -0.39 is 56.7 Å². The van der Waals surface area contributed by atoms with Crippen molar-refractivity contribution in [3.63, 3.8) is 0 Å². The van der Waals surface area contributed by atoms with Gasteiger partial charge in [-0.15, -0.1) is 0 Å². The van der Waals surface area contributed by atoms with E-state index in [1.165, 1.54) is 6.92 Å². The fourth-order valence-electron chi connectivity index (χ4n) is 1.31. The molecular weight excluding hydrogens is 309 g/mol. The number of benzene rings is 1. The third-order valence-corrected chi connectivity index (χ3v) is 4.68. The van der Waals surface area contributed by atoms with Gasteiger partial charge in [0, 0.05) is 13.1 Å². The van der Waals surface area contributed by atoms with E-state index in [1.54, 1.807) is 0 Å². The normalized spacial score (nSPS) is 13.8. The molecule has 0 saturated carbocycles. The van der Waals surface area contributed by atoms with Gasteiger partial charge in [-0.05, 0) is 6.92 Å². The SMILES string of the molecule is CC(CO)N(C)S(=O)(=O)c1c(F)c(F)c(F)c(F)c1F. The largest absolute Gasteiger partial charge is 0.395 e. The van der Waals surface area contributed by atoms with Crippen molar-refractivity contribution in [1.82, 2.24) is 4.31 Å². The first-order valence-electron chi connectivity index (χ1n) is 5.17. The molecular formula is C10H10F5NO3S. The highest BCUT2D eigenvalue weighted by molar-refractivity contribution is 7.89. The van der Waals surface area contributed by atoms with Crippen molar-refractivity contribution in [2.24, 2.45) is 0 Å². The third kappa shape index (κ3) is 2.50. The lowest BCUT2D eigenvalue weighted by atomic mass is 10.3. The molecule has 0 aliphatic heterocycles. The van der Waals surface area contributed by atoms with Crippen LogP contribution in [-0.2, 0) is 10.0 Å². The maximum atomic E-state index is 13.4. The minimum Gasteiger partial charge on any atom is -0.395 e. The number of hydrogen-bond donors (Lipinski definition) is 1. The molecule has 20 heavy (non-hydrogen) atoms. The van der Waals surface area contributed by atoms with Crippen LogP contribution in [-0.4, -0.2) is 37.5 Å². The Kier molecular flexibility index (Phi) is 4.72. The van der Waals surface area contributed by atoms with Gasteiger partial charge in [-0.2, -0.15) is 4.31 Å². The molecule has 0 aromatic heterocycles. The third-order valence-electron chi connectivity index (χ3n) is 2.69. The molecule has 1 rings (SSSR count). The number of sulfonamides is 1. The molecule has 4 nitrogen and oxygen atoms in total. The van der Waals surface area contributed by atoms with E-state index >= 15 is 0 Å². The van der Waals surface area contributed by atoms with Crippen LogP contribution >= 0.6 is 0 Å². The first kappa shape index (κ1) is 16.8. The lowest BCUT2D eigenvalue weighted by Crippen LogP contribution is -2.38. The summed E-state index contributed by atoms with van der Waals surface area (Å²) < 4.78 is 89.7. The van der Waals surface area contributed by atoms with Gasteiger partial charge >= 0.3 is 0 Å². The molecule has 1 unspecified atom stereocenters. The lowest BCUT2D eigenvalue weighted by Gasteiger charge is -2.23. The van der Waals surface area contributed by atoms with Crippen molar-refractivity contribution in [2.75, 3.05) is 13.7 Å². The second-order valence-corrected chi connectivity index (χ2v) is 5.89. The minimum absolute atomic E-state index is 0.311. The van der Waals surface area contributed by atoms with Crippen LogP contribution in [0.3, 0.4) is 0 Å². The first-order valence-corrected chi connectivity index (χ1v) is 6.61. The fraction of sp³-hybridized carbons (Fsp3) is 0.400. The van der Waals surface area contributed by atoms with E-state index in [1.807, 2.05) is 0 Å². The van der Waals surface area contributed by atoms with Crippen molar-refractivity contribution in [3.8, 4) is 0 Å². The summed E-state index contributed by atoms with van der Waals surface area (Å²) in [7, 11) is -4.16. The van der Waals surface area contributed by atoms with Gasteiger partial charge in [0.1, 0.15) is 0 Å². The summed E-state index contributed by atoms with van der Waals surface area (Å²) in [5.74, 6) is -12.0. The van der Waals surface area contributed by atoms with Crippen LogP contribution in [0.15, 0.2) is 4.90 Å². The zero-order chi connectivity index (χ0) is 15.8. The van der Waals surface area contributed by atoms with Crippen LogP contribution < -0.4 is 0 Å². The van der Waals surface area contributed by atoms with Gasteiger partial charge in [0.15, 0.2) is 28.2 Å². The Bertz CT molecular complexity index is 605. The molecule has 0 aliphatic carbocycles. The van der Waals surface area contributed by atoms with Crippen LogP contribution in [0, 0.1) is 29.1 Å². The van der Waals surface area contributed by atoms with Crippen molar-refractivity contribution in [2.45, 2.75) is 17.9 Å². The summed E-state index contributed by atoms with van der Waals surface area (Å²) in [6.45, 7) is 0.481. The molecule has 0 spiro atoms. The quantitative estimate of drug-likeness (QED) is 0.518. The van der Waals surface area contributed by atoms with Gasteiger partial charge in [0.25, 0.3) is 0 Å². The van der Waals surface area contributed by atoms with Gasteiger partial charge in [-0.1, -0.05) is 0 Å². The second kappa shape index (κ2) is 5.62. The van der Waals surface area contributed by atoms with Gasteiger partial charge in [0.2, 0.25) is 15.8 Å². The highest BCUT2D eigenvalue weighted by atomic mass is 32.2. The molecule has 1 atom stereocenters. The van der Waals surface area contributed by atoms with Crippen LogP contribution in [0.4, 0.5) is 22.0 Å². The first-order chi connectivity index (χ1) is 9.07. The van der Waals surface area contributed by atoms with E-state index in [0.29, 0.717) is 4.31 Å². The Morgan fingerprint density at radius 2 is 1.35 bits per heavy atom. The molecule has 114 valence electrons. The van der Waals surface area contributed by atoms with Crippen molar-refractivity contribution < 1.29 is 35.5 Å². The summed E-state index contributed by atoms with van der Waals surface area (Å²) in [6.07, 6.45) is 0. The van der Waals surface area contributed by atoms with Gasteiger partial charge in [-0.3, -0.25) is 0 Å². The maximum absolute atomic E-state index is 13.4. The minimum atomic E-state index is -5.00. The standard InChI is InChI=1S/C10H10F5NO3S/c1-4(3-17)16(2)20(18,19)10-8(14)6(12)5(11)7(13)9(10)15/h4,17H,3H2,1-2H3. The van der Waals surface area contributed by atoms with E-state index in [-0.39, 0.29) is 0 Å². The fourth-order valence-corrected chi connectivity index (χ4v) is 2.77. The molecule has 1 aromatic carbocycles. The van der Waals surface area contributed by atoms with Crippen LogP contribution in [0.2, 0.25) is 0 Å². The molecule has 10 heteroatoms. The van der Waals surface area contributed by atoms with Crippen molar-refractivity contribution in [3.05, 3.63) is 29.1 Å².